The topological polar surface area (TPSA) is 78.6 Å². The van der Waals surface area contributed by atoms with Gasteiger partial charge < -0.3 is 9.32 Å². The first-order valence-corrected chi connectivity index (χ1v) is 10.3. The van der Waals surface area contributed by atoms with Crippen molar-refractivity contribution in [3.63, 3.8) is 0 Å². The highest BCUT2D eigenvalue weighted by atomic mass is 16.5. The van der Waals surface area contributed by atoms with Crippen LogP contribution in [0.15, 0.2) is 59.0 Å². The number of anilines is 1. The third kappa shape index (κ3) is 5.70. The second-order valence-corrected chi connectivity index (χ2v) is 7.54. The molecule has 3 aromatic rings. The summed E-state index contributed by atoms with van der Waals surface area (Å²) in [6.07, 6.45) is 4.71. The fourth-order valence-corrected chi connectivity index (χ4v) is 3.34. The number of aryl methyl sites for hydroxylation is 1. The fraction of sp³-hybridized carbons (Fsp3) is 0.333. The van der Waals surface area contributed by atoms with Gasteiger partial charge in [-0.1, -0.05) is 43.2 Å². The number of benzene rings is 2. The van der Waals surface area contributed by atoms with Crippen LogP contribution in [0.4, 0.5) is 5.69 Å². The first-order chi connectivity index (χ1) is 14.6. The summed E-state index contributed by atoms with van der Waals surface area (Å²) >= 11 is 0. The molecular weight excluding hydrogens is 378 g/mol. The van der Waals surface area contributed by atoms with E-state index < -0.39 is 0 Å². The van der Waals surface area contributed by atoms with Crippen molar-refractivity contribution in [3.8, 4) is 22.6 Å². The smallest absolute Gasteiger partial charge is 0.243 e. The van der Waals surface area contributed by atoms with Crippen molar-refractivity contribution >= 4 is 11.6 Å². The molecule has 1 aromatic heterocycles. The van der Waals surface area contributed by atoms with Crippen molar-refractivity contribution in [1.82, 2.24) is 10.5 Å². The number of carbonyl (C=O) groups excluding carboxylic acids is 1. The quantitative estimate of drug-likeness (QED) is 0.279. The van der Waals surface area contributed by atoms with Crippen molar-refractivity contribution < 1.29 is 14.4 Å². The Balaban J connectivity index is 1.72. The van der Waals surface area contributed by atoms with E-state index in [0.29, 0.717) is 6.42 Å². The van der Waals surface area contributed by atoms with E-state index in [1.54, 1.807) is 5.48 Å². The molecule has 0 aliphatic rings. The summed E-state index contributed by atoms with van der Waals surface area (Å²) in [5.74, 6) is 1.19. The maximum atomic E-state index is 11.0. The van der Waals surface area contributed by atoms with E-state index >= 15 is 0 Å². The molecule has 0 fully saturated rings. The van der Waals surface area contributed by atoms with Crippen LogP contribution in [0.2, 0.25) is 0 Å². The Kier molecular flexibility index (Phi) is 7.63. The van der Waals surface area contributed by atoms with Gasteiger partial charge in [0.2, 0.25) is 5.91 Å². The van der Waals surface area contributed by atoms with E-state index in [-0.39, 0.29) is 5.91 Å². The number of oxazole rings is 1. The van der Waals surface area contributed by atoms with Crippen molar-refractivity contribution in [1.29, 1.82) is 0 Å². The van der Waals surface area contributed by atoms with Crippen LogP contribution in [0.1, 0.15) is 38.0 Å². The van der Waals surface area contributed by atoms with Gasteiger partial charge in [-0.2, -0.15) is 0 Å². The van der Waals surface area contributed by atoms with Gasteiger partial charge in [0, 0.05) is 43.8 Å². The number of rotatable bonds is 10. The van der Waals surface area contributed by atoms with Crippen LogP contribution in [-0.4, -0.2) is 30.2 Å². The van der Waals surface area contributed by atoms with Gasteiger partial charge in [-0.05, 0) is 37.1 Å². The van der Waals surface area contributed by atoms with Gasteiger partial charge in [0.1, 0.15) is 5.69 Å². The van der Waals surface area contributed by atoms with Crippen molar-refractivity contribution in [2.75, 3.05) is 19.0 Å². The summed E-state index contributed by atoms with van der Waals surface area (Å²) in [6, 6.07) is 18.4. The van der Waals surface area contributed by atoms with E-state index in [9.17, 15) is 4.79 Å². The number of carbonyl (C=O) groups is 1. The lowest BCUT2D eigenvalue weighted by Crippen LogP contribution is -2.17. The summed E-state index contributed by atoms with van der Waals surface area (Å²) < 4.78 is 6.20. The normalized spacial score (nSPS) is 10.8. The Morgan fingerprint density at radius 2 is 1.67 bits per heavy atom. The molecular formula is C24H29N3O3. The molecule has 0 bridgehead atoms. The van der Waals surface area contributed by atoms with Crippen LogP contribution in [0.3, 0.4) is 0 Å². The minimum Gasteiger partial charge on any atom is -0.440 e. The predicted octanol–water partition coefficient (Wildman–Crippen LogP) is 5.07. The molecule has 0 saturated heterocycles. The molecule has 0 aliphatic heterocycles. The number of nitrogens with one attached hydrogen (secondary N) is 1. The van der Waals surface area contributed by atoms with E-state index in [2.05, 4.69) is 29.2 Å². The lowest BCUT2D eigenvalue weighted by atomic mass is 10.1. The van der Waals surface area contributed by atoms with E-state index in [4.69, 9.17) is 14.6 Å². The van der Waals surface area contributed by atoms with Gasteiger partial charge >= 0.3 is 0 Å². The van der Waals surface area contributed by atoms with Crippen molar-refractivity contribution in [3.05, 3.63) is 60.5 Å². The molecule has 2 aromatic carbocycles. The Hall–Kier alpha value is -3.12. The highest BCUT2D eigenvalue weighted by molar-refractivity contribution is 5.77. The third-order valence-corrected chi connectivity index (χ3v) is 5.03. The molecule has 158 valence electrons. The largest absolute Gasteiger partial charge is 0.440 e. The molecule has 6 nitrogen and oxygen atoms in total. The number of amides is 1. The molecule has 0 atom stereocenters. The van der Waals surface area contributed by atoms with Gasteiger partial charge in [-0.25, -0.2) is 10.5 Å². The minimum atomic E-state index is -0.333. The predicted molar refractivity (Wildman–Crippen MR) is 118 cm³/mol. The highest BCUT2D eigenvalue weighted by Gasteiger charge is 2.17. The Bertz CT molecular complexity index is 934. The Morgan fingerprint density at radius 3 is 2.33 bits per heavy atom. The summed E-state index contributed by atoms with van der Waals surface area (Å²) in [5.41, 5.74) is 5.71. The van der Waals surface area contributed by atoms with Crippen LogP contribution in [0.5, 0.6) is 0 Å². The number of unbranched alkanes of at least 4 members (excludes halogenated alkanes) is 3. The molecule has 1 heterocycles. The summed E-state index contributed by atoms with van der Waals surface area (Å²) in [4.78, 5) is 17.9. The molecule has 0 aliphatic carbocycles. The van der Waals surface area contributed by atoms with Crippen molar-refractivity contribution in [2.45, 2.75) is 38.5 Å². The second kappa shape index (κ2) is 10.6. The SMILES string of the molecule is CN(C)c1ccc(-c2oc(CCCCCCC(=O)NO)nc2-c2ccccc2)cc1. The third-order valence-electron chi connectivity index (χ3n) is 5.03. The van der Waals surface area contributed by atoms with Crippen LogP contribution >= 0.6 is 0 Å². The summed E-state index contributed by atoms with van der Waals surface area (Å²) in [5, 5.41) is 8.52. The average Bonchev–Trinajstić information content (AvgIpc) is 3.20. The lowest BCUT2D eigenvalue weighted by Gasteiger charge is -2.12. The van der Waals surface area contributed by atoms with Gasteiger partial charge in [0.25, 0.3) is 0 Å². The van der Waals surface area contributed by atoms with Gasteiger partial charge in [-0.15, -0.1) is 0 Å². The number of aromatic nitrogens is 1. The first kappa shape index (κ1) is 21.6. The van der Waals surface area contributed by atoms with E-state index in [0.717, 1.165) is 66.3 Å². The lowest BCUT2D eigenvalue weighted by molar-refractivity contribution is -0.129. The molecule has 3 rings (SSSR count). The van der Waals surface area contributed by atoms with Crippen LogP contribution in [0, 0.1) is 0 Å². The zero-order valence-corrected chi connectivity index (χ0v) is 17.6. The Morgan fingerprint density at radius 1 is 0.967 bits per heavy atom. The molecule has 0 unspecified atom stereocenters. The van der Waals surface area contributed by atoms with E-state index in [1.165, 1.54) is 0 Å². The molecule has 30 heavy (non-hydrogen) atoms. The Labute approximate surface area is 177 Å². The standard InChI is InChI=1S/C24H29N3O3/c1-27(2)20-16-14-19(15-17-20)24-23(18-10-6-5-7-11-18)25-22(30-24)13-9-4-3-8-12-21(28)26-29/h5-7,10-11,14-17,29H,3-4,8-9,12-13H2,1-2H3,(H,26,28). The number of hydrogen-bond donors (Lipinski definition) is 2. The maximum Gasteiger partial charge on any atom is 0.243 e. The van der Waals surface area contributed by atoms with Crippen molar-refractivity contribution in [2.24, 2.45) is 0 Å². The summed E-state index contributed by atoms with van der Waals surface area (Å²) in [7, 11) is 4.04. The van der Waals surface area contributed by atoms with Gasteiger partial charge in [0.05, 0.1) is 0 Å². The number of nitrogens with zero attached hydrogens (tertiary/aromatic N) is 2. The first-order valence-electron chi connectivity index (χ1n) is 10.3. The number of hydrogen-bond acceptors (Lipinski definition) is 5. The van der Waals surface area contributed by atoms with E-state index in [1.807, 2.05) is 44.4 Å². The van der Waals surface area contributed by atoms with Crippen LogP contribution < -0.4 is 10.4 Å². The molecule has 0 radical (unpaired) electrons. The fourth-order valence-electron chi connectivity index (χ4n) is 3.34. The maximum absolute atomic E-state index is 11.0. The molecule has 2 N–H and O–H groups in total. The van der Waals surface area contributed by atoms with Gasteiger partial charge in [-0.3, -0.25) is 10.0 Å². The monoisotopic (exact) mass is 407 g/mol. The highest BCUT2D eigenvalue weighted by Crippen LogP contribution is 2.34. The zero-order chi connectivity index (χ0) is 21.3. The second-order valence-electron chi connectivity index (χ2n) is 7.54. The van der Waals surface area contributed by atoms with Crippen LogP contribution in [-0.2, 0) is 11.2 Å². The molecule has 6 heteroatoms. The van der Waals surface area contributed by atoms with Gasteiger partial charge in [0.15, 0.2) is 11.7 Å². The minimum absolute atomic E-state index is 0.333. The molecule has 1 amide bonds. The zero-order valence-electron chi connectivity index (χ0n) is 17.6. The molecule has 0 spiro atoms. The van der Waals surface area contributed by atoms with Crippen LogP contribution in [0.25, 0.3) is 22.6 Å². The summed E-state index contributed by atoms with van der Waals surface area (Å²) in [6.45, 7) is 0. The molecule has 0 saturated carbocycles. The number of hydroxylamine groups is 1. The average molecular weight is 408 g/mol.